The Morgan fingerprint density at radius 3 is 2.76 bits per heavy atom. The van der Waals surface area contributed by atoms with Crippen molar-refractivity contribution in [2.45, 2.75) is 70.9 Å². The smallest absolute Gasteiger partial charge is 0.221 e. The SMILES string of the molecule is CC(C)CNC(=O)CCNC1CCCC1C1CCCCN1. The third-order valence-corrected chi connectivity index (χ3v) is 4.90. The first-order valence-corrected chi connectivity index (χ1v) is 8.90. The molecule has 2 fully saturated rings. The lowest BCUT2D eigenvalue weighted by molar-refractivity contribution is -0.121. The van der Waals surface area contributed by atoms with Crippen LogP contribution >= 0.6 is 0 Å². The largest absolute Gasteiger partial charge is 0.356 e. The van der Waals surface area contributed by atoms with E-state index in [0.29, 0.717) is 24.4 Å². The van der Waals surface area contributed by atoms with Crippen LogP contribution in [0.2, 0.25) is 0 Å². The fraction of sp³-hybridized carbons (Fsp3) is 0.941. The third kappa shape index (κ3) is 5.59. The molecule has 0 radical (unpaired) electrons. The molecule has 0 bridgehead atoms. The summed E-state index contributed by atoms with van der Waals surface area (Å²) in [6, 6.07) is 1.31. The van der Waals surface area contributed by atoms with Crippen LogP contribution in [0.3, 0.4) is 0 Å². The molecule has 1 saturated heterocycles. The lowest BCUT2D eigenvalue weighted by atomic mass is 9.88. The zero-order chi connectivity index (χ0) is 15.1. The Hall–Kier alpha value is -0.610. The molecule has 4 nitrogen and oxygen atoms in total. The Kier molecular flexibility index (Phi) is 6.97. The molecule has 3 unspecified atom stereocenters. The van der Waals surface area contributed by atoms with E-state index >= 15 is 0 Å². The highest BCUT2D eigenvalue weighted by Gasteiger charge is 2.33. The first kappa shape index (κ1) is 16.8. The normalized spacial score (nSPS) is 29.8. The fourth-order valence-corrected chi connectivity index (χ4v) is 3.75. The Labute approximate surface area is 129 Å². The van der Waals surface area contributed by atoms with Gasteiger partial charge in [0, 0.05) is 31.6 Å². The molecule has 2 rings (SSSR count). The van der Waals surface area contributed by atoms with E-state index in [2.05, 4.69) is 29.8 Å². The molecule has 1 amide bonds. The van der Waals surface area contributed by atoms with Crippen molar-refractivity contribution in [3.05, 3.63) is 0 Å². The minimum Gasteiger partial charge on any atom is -0.356 e. The summed E-state index contributed by atoms with van der Waals surface area (Å²) in [6.07, 6.45) is 8.59. The lowest BCUT2D eigenvalue weighted by Gasteiger charge is -2.33. The number of nitrogens with one attached hydrogen (secondary N) is 3. The molecule has 2 aliphatic rings. The van der Waals surface area contributed by atoms with Crippen molar-refractivity contribution in [3.8, 4) is 0 Å². The number of rotatable bonds is 7. The lowest BCUT2D eigenvalue weighted by Crippen LogP contribution is -2.47. The van der Waals surface area contributed by atoms with Gasteiger partial charge in [0.2, 0.25) is 5.91 Å². The Morgan fingerprint density at radius 1 is 1.19 bits per heavy atom. The van der Waals surface area contributed by atoms with Gasteiger partial charge in [-0.25, -0.2) is 0 Å². The molecule has 4 heteroatoms. The maximum atomic E-state index is 11.7. The van der Waals surface area contributed by atoms with Gasteiger partial charge in [0.05, 0.1) is 0 Å². The van der Waals surface area contributed by atoms with Gasteiger partial charge in [-0.05, 0) is 44.1 Å². The van der Waals surface area contributed by atoms with Crippen LogP contribution in [0.4, 0.5) is 0 Å². The van der Waals surface area contributed by atoms with Gasteiger partial charge in [-0.3, -0.25) is 4.79 Å². The number of carbonyl (C=O) groups is 1. The first-order valence-electron chi connectivity index (χ1n) is 8.90. The van der Waals surface area contributed by atoms with Crippen molar-refractivity contribution in [1.29, 1.82) is 0 Å². The van der Waals surface area contributed by atoms with E-state index in [1.165, 1.54) is 45.1 Å². The third-order valence-electron chi connectivity index (χ3n) is 4.90. The maximum absolute atomic E-state index is 11.7. The highest BCUT2D eigenvalue weighted by molar-refractivity contribution is 5.76. The van der Waals surface area contributed by atoms with Crippen molar-refractivity contribution in [2.24, 2.45) is 11.8 Å². The summed E-state index contributed by atoms with van der Waals surface area (Å²) in [5, 5.41) is 10.3. The van der Waals surface area contributed by atoms with E-state index in [4.69, 9.17) is 0 Å². The summed E-state index contributed by atoms with van der Waals surface area (Å²) < 4.78 is 0. The van der Waals surface area contributed by atoms with E-state index in [1.807, 2.05) is 0 Å². The minimum absolute atomic E-state index is 0.182. The predicted octanol–water partition coefficient (Wildman–Crippen LogP) is 2.05. The van der Waals surface area contributed by atoms with Crippen molar-refractivity contribution in [1.82, 2.24) is 16.0 Å². The van der Waals surface area contributed by atoms with E-state index in [-0.39, 0.29) is 5.91 Å². The van der Waals surface area contributed by atoms with Gasteiger partial charge < -0.3 is 16.0 Å². The topological polar surface area (TPSA) is 53.2 Å². The molecule has 3 N–H and O–H groups in total. The fourth-order valence-electron chi connectivity index (χ4n) is 3.75. The number of carbonyl (C=O) groups excluding carboxylic acids is 1. The van der Waals surface area contributed by atoms with Gasteiger partial charge in [-0.15, -0.1) is 0 Å². The second-order valence-corrected chi connectivity index (χ2v) is 7.16. The second-order valence-electron chi connectivity index (χ2n) is 7.16. The Morgan fingerprint density at radius 2 is 2.05 bits per heavy atom. The molecular weight excluding hydrogens is 262 g/mol. The van der Waals surface area contributed by atoms with Crippen molar-refractivity contribution < 1.29 is 4.79 Å². The van der Waals surface area contributed by atoms with Gasteiger partial charge >= 0.3 is 0 Å². The van der Waals surface area contributed by atoms with Gasteiger partial charge in [-0.2, -0.15) is 0 Å². The molecule has 122 valence electrons. The Balaban J connectivity index is 1.65. The molecular formula is C17H33N3O. The van der Waals surface area contributed by atoms with Crippen LogP contribution < -0.4 is 16.0 Å². The molecule has 1 saturated carbocycles. The summed E-state index contributed by atoms with van der Waals surface area (Å²) in [7, 11) is 0. The second kappa shape index (κ2) is 8.74. The van der Waals surface area contributed by atoms with Crippen LogP contribution in [0, 0.1) is 11.8 Å². The van der Waals surface area contributed by atoms with Crippen LogP contribution in [0.15, 0.2) is 0 Å². The maximum Gasteiger partial charge on any atom is 0.221 e. The zero-order valence-electron chi connectivity index (χ0n) is 13.8. The van der Waals surface area contributed by atoms with Gasteiger partial charge in [0.15, 0.2) is 0 Å². The average Bonchev–Trinajstić information content (AvgIpc) is 2.94. The molecule has 0 spiro atoms. The molecule has 21 heavy (non-hydrogen) atoms. The summed E-state index contributed by atoms with van der Waals surface area (Å²) >= 11 is 0. The van der Waals surface area contributed by atoms with Crippen LogP contribution in [0.5, 0.6) is 0 Å². The standard InChI is InChI=1S/C17H33N3O/c1-13(2)12-20-17(21)9-11-19-16-8-5-6-14(16)15-7-3-4-10-18-15/h13-16,18-19H,3-12H2,1-2H3,(H,20,21). The molecule has 0 aromatic heterocycles. The highest BCUT2D eigenvalue weighted by Crippen LogP contribution is 2.31. The zero-order valence-corrected chi connectivity index (χ0v) is 13.8. The number of piperidine rings is 1. The van der Waals surface area contributed by atoms with E-state index in [9.17, 15) is 4.79 Å². The molecule has 1 heterocycles. The summed E-state index contributed by atoms with van der Waals surface area (Å²) in [5.41, 5.74) is 0. The van der Waals surface area contributed by atoms with Crippen molar-refractivity contribution >= 4 is 5.91 Å². The Bertz CT molecular complexity index is 313. The predicted molar refractivity (Wildman–Crippen MR) is 87.2 cm³/mol. The number of amides is 1. The van der Waals surface area contributed by atoms with Gasteiger partial charge in [-0.1, -0.05) is 26.7 Å². The van der Waals surface area contributed by atoms with Crippen molar-refractivity contribution in [2.75, 3.05) is 19.6 Å². The summed E-state index contributed by atoms with van der Waals surface area (Å²) in [6.45, 7) is 7.04. The monoisotopic (exact) mass is 295 g/mol. The quantitative estimate of drug-likeness (QED) is 0.674. The minimum atomic E-state index is 0.182. The van der Waals surface area contributed by atoms with Crippen LogP contribution in [0.1, 0.15) is 58.8 Å². The van der Waals surface area contributed by atoms with E-state index < -0.39 is 0 Å². The van der Waals surface area contributed by atoms with Crippen molar-refractivity contribution in [3.63, 3.8) is 0 Å². The molecule has 0 aromatic carbocycles. The highest BCUT2D eigenvalue weighted by atomic mass is 16.1. The van der Waals surface area contributed by atoms with Crippen LogP contribution in [-0.2, 0) is 4.79 Å². The van der Waals surface area contributed by atoms with E-state index in [0.717, 1.165) is 19.0 Å². The van der Waals surface area contributed by atoms with E-state index in [1.54, 1.807) is 0 Å². The average molecular weight is 295 g/mol. The number of hydrogen-bond acceptors (Lipinski definition) is 3. The van der Waals surface area contributed by atoms with Gasteiger partial charge in [0.25, 0.3) is 0 Å². The van der Waals surface area contributed by atoms with Crippen LogP contribution in [-0.4, -0.2) is 37.6 Å². The number of hydrogen-bond donors (Lipinski definition) is 3. The first-order chi connectivity index (χ1) is 10.2. The molecule has 1 aliphatic carbocycles. The molecule has 3 atom stereocenters. The summed E-state index contributed by atoms with van der Waals surface area (Å²) in [5.74, 6) is 1.48. The van der Waals surface area contributed by atoms with Gasteiger partial charge in [0.1, 0.15) is 0 Å². The molecule has 1 aliphatic heterocycles. The molecule has 0 aromatic rings. The summed E-state index contributed by atoms with van der Waals surface area (Å²) in [4.78, 5) is 11.7. The van der Waals surface area contributed by atoms with Crippen LogP contribution in [0.25, 0.3) is 0 Å².